The molecule has 1 aromatic rings. The van der Waals surface area contributed by atoms with E-state index in [1.54, 1.807) is 12.4 Å². The Morgan fingerprint density at radius 3 is 2.48 bits per heavy atom. The van der Waals surface area contributed by atoms with Crippen LogP contribution in [0.3, 0.4) is 0 Å². The molecule has 2 aliphatic heterocycles. The number of aromatic nitrogens is 2. The van der Waals surface area contributed by atoms with Gasteiger partial charge in [0.05, 0.1) is 5.56 Å². The number of nitrogens with zero attached hydrogens (tertiary/aromatic N) is 5. The fraction of sp³-hybridized carbons (Fsp3) is 0.706. The van der Waals surface area contributed by atoms with Crippen LogP contribution in [0.5, 0.6) is 0 Å². The van der Waals surface area contributed by atoms with Crippen molar-refractivity contribution in [1.29, 1.82) is 0 Å². The maximum atomic E-state index is 12.7. The van der Waals surface area contributed by atoms with Gasteiger partial charge in [-0.3, -0.25) is 4.79 Å². The van der Waals surface area contributed by atoms with Gasteiger partial charge in [-0.05, 0) is 32.7 Å². The fourth-order valence-corrected chi connectivity index (χ4v) is 3.46. The summed E-state index contributed by atoms with van der Waals surface area (Å²) in [7, 11) is 2.13. The molecular formula is C17H27N5O. The predicted molar refractivity (Wildman–Crippen MR) is 90.7 cm³/mol. The first-order valence-electron chi connectivity index (χ1n) is 8.75. The van der Waals surface area contributed by atoms with Crippen molar-refractivity contribution < 1.29 is 4.79 Å². The Balaban J connectivity index is 1.67. The van der Waals surface area contributed by atoms with Crippen molar-refractivity contribution in [2.45, 2.75) is 38.6 Å². The number of piperazine rings is 1. The quantitative estimate of drug-likeness (QED) is 0.848. The van der Waals surface area contributed by atoms with Crippen molar-refractivity contribution in [3.8, 4) is 0 Å². The van der Waals surface area contributed by atoms with Crippen molar-refractivity contribution in [3.05, 3.63) is 18.0 Å². The number of piperidine rings is 1. The minimum Gasteiger partial charge on any atom is -0.338 e. The third-order valence-corrected chi connectivity index (χ3v) is 5.03. The molecule has 0 saturated carbocycles. The van der Waals surface area contributed by atoms with Gasteiger partial charge in [0.25, 0.3) is 5.91 Å². The Labute approximate surface area is 138 Å². The van der Waals surface area contributed by atoms with Crippen molar-refractivity contribution in [2.24, 2.45) is 0 Å². The molecule has 1 amide bonds. The number of hydrogen-bond donors (Lipinski definition) is 0. The molecule has 6 heteroatoms. The number of anilines is 1. The van der Waals surface area contributed by atoms with Gasteiger partial charge in [-0.1, -0.05) is 6.92 Å². The Kier molecular flexibility index (Phi) is 5.10. The smallest absolute Gasteiger partial charge is 0.257 e. The fourth-order valence-electron chi connectivity index (χ4n) is 3.46. The summed E-state index contributed by atoms with van der Waals surface area (Å²) in [5.41, 5.74) is 0.614. The van der Waals surface area contributed by atoms with Crippen molar-refractivity contribution in [2.75, 3.05) is 44.7 Å². The molecule has 0 aromatic carbocycles. The Bertz CT molecular complexity index is 524. The first-order valence-corrected chi connectivity index (χ1v) is 8.75. The molecule has 1 aromatic heterocycles. The molecule has 0 spiro atoms. The third-order valence-electron chi connectivity index (χ3n) is 5.03. The first kappa shape index (κ1) is 16.2. The van der Waals surface area contributed by atoms with E-state index in [9.17, 15) is 4.79 Å². The summed E-state index contributed by atoms with van der Waals surface area (Å²) < 4.78 is 0. The minimum atomic E-state index is 0.0847. The predicted octanol–water partition coefficient (Wildman–Crippen LogP) is 1.63. The van der Waals surface area contributed by atoms with Crippen molar-refractivity contribution in [1.82, 2.24) is 19.8 Å². The largest absolute Gasteiger partial charge is 0.338 e. The molecule has 126 valence electrons. The first-order chi connectivity index (χ1) is 11.2. The summed E-state index contributed by atoms with van der Waals surface area (Å²) in [6, 6.07) is 0.369. The average molecular weight is 317 g/mol. The standard InChI is InChI=1S/C17H27N5O/c1-3-15-6-4-5-7-22(15)16(23)14-12-18-17(19-13-14)21-10-8-20(2)9-11-21/h12-13,15H,3-11H2,1-2H3. The monoisotopic (exact) mass is 317 g/mol. The Morgan fingerprint density at radius 1 is 1.13 bits per heavy atom. The van der Waals surface area contributed by atoms with Crippen molar-refractivity contribution in [3.63, 3.8) is 0 Å². The maximum absolute atomic E-state index is 12.7. The Hall–Kier alpha value is -1.69. The zero-order valence-electron chi connectivity index (χ0n) is 14.2. The van der Waals surface area contributed by atoms with E-state index in [1.165, 1.54) is 6.42 Å². The van der Waals surface area contributed by atoms with Crippen LogP contribution in [0.4, 0.5) is 5.95 Å². The highest BCUT2D eigenvalue weighted by Crippen LogP contribution is 2.21. The van der Waals surface area contributed by atoms with Crippen LogP contribution in [-0.4, -0.2) is 71.5 Å². The van der Waals surface area contributed by atoms with E-state index in [-0.39, 0.29) is 5.91 Å². The number of rotatable bonds is 3. The minimum absolute atomic E-state index is 0.0847. The SMILES string of the molecule is CCC1CCCCN1C(=O)c1cnc(N2CCN(C)CC2)nc1. The maximum Gasteiger partial charge on any atom is 0.257 e. The topological polar surface area (TPSA) is 52.6 Å². The van der Waals surface area contributed by atoms with Gasteiger partial charge in [-0.15, -0.1) is 0 Å². The molecule has 6 nitrogen and oxygen atoms in total. The molecular weight excluding hydrogens is 290 g/mol. The molecule has 2 saturated heterocycles. The second-order valence-electron chi connectivity index (χ2n) is 6.62. The number of carbonyl (C=O) groups is 1. The number of likely N-dealkylation sites (tertiary alicyclic amines) is 1. The summed E-state index contributed by atoms with van der Waals surface area (Å²) >= 11 is 0. The summed E-state index contributed by atoms with van der Waals surface area (Å²) in [5.74, 6) is 0.821. The zero-order valence-corrected chi connectivity index (χ0v) is 14.2. The summed E-state index contributed by atoms with van der Waals surface area (Å²) in [6.45, 7) is 6.94. The molecule has 3 heterocycles. The highest BCUT2D eigenvalue weighted by atomic mass is 16.2. The van der Waals surface area contributed by atoms with Gasteiger partial charge in [-0.25, -0.2) is 9.97 Å². The van der Waals surface area contributed by atoms with Crippen LogP contribution in [0.2, 0.25) is 0 Å². The van der Waals surface area contributed by atoms with E-state index >= 15 is 0 Å². The summed E-state index contributed by atoms with van der Waals surface area (Å²) in [4.78, 5) is 28.1. The van der Waals surface area contributed by atoms with Crippen molar-refractivity contribution >= 4 is 11.9 Å². The van der Waals surface area contributed by atoms with E-state index in [1.807, 2.05) is 4.90 Å². The second kappa shape index (κ2) is 7.25. The van der Waals surface area contributed by atoms with Crippen LogP contribution in [-0.2, 0) is 0 Å². The highest BCUT2D eigenvalue weighted by molar-refractivity contribution is 5.94. The number of likely N-dealkylation sites (N-methyl/N-ethyl adjacent to an activating group) is 1. The van der Waals surface area contributed by atoms with Crippen LogP contribution >= 0.6 is 0 Å². The number of amides is 1. The van der Waals surface area contributed by atoms with Gasteiger partial charge >= 0.3 is 0 Å². The van der Waals surface area contributed by atoms with Gasteiger partial charge in [0.1, 0.15) is 0 Å². The van der Waals surface area contributed by atoms with E-state index in [4.69, 9.17) is 0 Å². The zero-order chi connectivity index (χ0) is 16.2. The van der Waals surface area contributed by atoms with Gasteiger partial charge in [0, 0.05) is 51.2 Å². The molecule has 2 fully saturated rings. The van der Waals surface area contributed by atoms with E-state index < -0.39 is 0 Å². The van der Waals surface area contributed by atoms with Crippen LogP contribution in [0.25, 0.3) is 0 Å². The van der Waals surface area contributed by atoms with Gasteiger partial charge in [0.15, 0.2) is 0 Å². The number of hydrogen-bond acceptors (Lipinski definition) is 5. The van der Waals surface area contributed by atoms with Crippen LogP contribution < -0.4 is 4.90 Å². The van der Waals surface area contributed by atoms with Crippen LogP contribution in [0, 0.1) is 0 Å². The van der Waals surface area contributed by atoms with Gasteiger partial charge in [0.2, 0.25) is 5.95 Å². The lowest BCUT2D eigenvalue weighted by molar-refractivity contribution is 0.0607. The molecule has 0 aliphatic carbocycles. The molecule has 23 heavy (non-hydrogen) atoms. The molecule has 2 aliphatic rings. The van der Waals surface area contributed by atoms with E-state index in [0.29, 0.717) is 11.6 Å². The summed E-state index contributed by atoms with van der Waals surface area (Å²) in [5, 5.41) is 0. The van der Waals surface area contributed by atoms with E-state index in [2.05, 4.69) is 33.7 Å². The van der Waals surface area contributed by atoms with Crippen LogP contribution in [0.1, 0.15) is 43.0 Å². The highest BCUT2D eigenvalue weighted by Gasteiger charge is 2.26. The Morgan fingerprint density at radius 2 is 1.83 bits per heavy atom. The molecule has 0 N–H and O–H groups in total. The molecule has 0 bridgehead atoms. The average Bonchev–Trinajstić information content (AvgIpc) is 2.62. The lowest BCUT2D eigenvalue weighted by Gasteiger charge is -2.35. The normalized spacial score (nSPS) is 23.1. The lowest BCUT2D eigenvalue weighted by Crippen LogP contribution is -2.45. The number of carbonyl (C=O) groups excluding carboxylic acids is 1. The summed E-state index contributed by atoms with van der Waals surface area (Å²) in [6.07, 6.45) is 7.85. The lowest BCUT2D eigenvalue weighted by atomic mass is 9.99. The molecule has 1 unspecified atom stereocenters. The third kappa shape index (κ3) is 3.63. The van der Waals surface area contributed by atoms with Gasteiger partial charge in [-0.2, -0.15) is 0 Å². The van der Waals surface area contributed by atoms with Gasteiger partial charge < -0.3 is 14.7 Å². The second-order valence-corrected chi connectivity index (χ2v) is 6.62. The molecule has 0 radical (unpaired) electrons. The molecule has 3 rings (SSSR count). The van der Waals surface area contributed by atoms with E-state index in [0.717, 1.165) is 57.9 Å². The molecule has 1 atom stereocenters. The van der Waals surface area contributed by atoms with Crippen LogP contribution in [0.15, 0.2) is 12.4 Å².